The maximum atomic E-state index is 5.99. The summed E-state index contributed by atoms with van der Waals surface area (Å²) in [5.41, 5.74) is 2.91. The van der Waals surface area contributed by atoms with E-state index in [2.05, 4.69) is 12.3 Å². The van der Waals surface area contributed by atoms with Crippen LogP contribution in [0.1, 0.15) is 39.0 Å². The van der Waals surface area contributed by atoms with Gasteiger partial charge in [0.15, 0.2) is 0 Å². The van der Waals surface area contributed by atoms with Crippen LogP contribution < -0.4 is 11.3 Å². The van der Waals surface area contributed by atoms with E-state index in [9.17, 15) is 0 Å². The van der Waals surface area contributed by atoms with Gasteiger partial charge in [-0.3, -0.25) is 11.3 Å². The molecule has 0 amide bonds. The van der Waals surface area contributed by atoms with Gasteiger partial charge < -0.3 is 9.47 Å². The lowest BCUT2D eigenvalue weighted by Gasteiger charge is -2.44. The SMILES string of the molecule is CC1(C(NN)C2CCOCC2)CCCCO1. The molecule has 2 heterocycles. The Morgan fingerprint density at radius 3 is 2.56 bits per heavy atom. The second kappa shape index (κ2) is 5.45. The van der Waals surface area contributed by atoms with Crippen LogP contribution in [0, 0.1) is 5.92 Å². The van der Waals surface area contributed by atoms with Crippen molar-refractivity contribution in [2.75, 3.05) is 19.8 Å². The Morgan fingerprint density at radius 2 is 2.00 bits per heavy atom. The summed E-state index contributed by atoms with van der Waals surface area (Å²) in [6.45, 7) is 4.79. The Morgan fingerprint density at radius 1 is 1.25 bits per heavy atom. The molecule has 2 fully saturated rings. The molecule has 3 N–H and O–H groups in total. The van der Waals surface area contributed by atoms with Crippen LogP contribution in [0.3, 0.4) is 0 Å². The molecule has 2 atom stereocenters. The molecule has 0 bridgehead atoms. The van der Waals surface area contributed by atoms with Crippen molar-refractivity contribution in [3.63, 3.8) is 0 Å². The zero-order valence-corrected chi connectivity index (χ0v) is 10.2. The molecule has 2 aliphatic rings. The zero-order chi connectivity index (χ0) is 11.4. The second-order valence-electron chi connectivity index (χ2n) is 5.21. The number of ether oxygens (including phenoxy) is 2. The predicted octanol–water partition coefficient (Wildman–Crippen LogP) is 1.20. The van der Waals surface area contributed by atoms with E-state index in [1.54, 1.807) is 0 Å². The first-order valence-electron chi connectivity index (χ1n) is 6.44. The fourth-order valence-corrected chi connectivity index (χ4v) is 3.06. The topological polar surface area (TPSA) is 56.5 Å². The lowest BCUT2D eigenvalue weighted by atomic mass is 9.78. The van der Waals surface area contributed by atoms with E-state index in [0.29, 0.717) is 5.92 Å². The fraction of sp³-hybridized carbons (Fsp3) is 1.00. The van der Waals surface area contributed by atoms with Gasteiger partial charge >= 0.3 is 0 Å². The highest BCUT2D eigenvalue weighted by Crippen LogP contribution is 2.34. The minimum absolute atomic E-state index is 0.0883. The van der Waals surface area contributed by atoms with Gasteiger partial charge in [0.25, 0.3) is 0 Å². The van der Waals surface area contributed by atoms with E-state index in [-0.39, 0.29) is 11.6 Å². The number of rotatable bonds is 3. The van der Waals surface area contributed by atoms with E-state index in [0.717, 1.165) is 39.1 Å². The van der Waals surface area contributed by atoms with Crippen LogP contribution in [-0.4, -0.2) is 31.5 Å². The average molecular weight is 228 g/mol. The Hall–Kier alpha value is -0.160. The van der Waals surface area contributed by atoms with Crippen molar-refractivity contribution < 1.29 is 9.47 Å². The Labute approximate surface area is 97.8 Å². The highest BCUT2D eigenvalue weighted by molar-refractivity contribution is 4.95. The number of nitrogens with one attached hydrogen (secondary N) is 1. The molecule has 94 valence electrons. The summed E-state index contributed by atoms with van der Waals surface area (Å²) in [5, 5.41) is 0. The Bertz CT molecular complexity index is 211. The monoisotopic (exact) mass is 228 g/mol. The highest BCUT2D eigenvalue weighted by atomic mass is 16.5. The molecule has 0 radical (unpaired) electrons. The molecule has 0 aliphatic carbocycles. The van der Waals surface area contributed by atoms with Gasteiger partial charge in [-0.2, -0.15) is 0 Å². The van der Waals surface area contributed by atoms with E-state index in [4.69, 9.17) is 15.3 Å². The summed E-state index contributed by atoms with van der Waals surface area (Å²) < 4.78 is 11.4. The standard InChI is InChI=1S/C12H24N2O2/c1-12(6-2-3-7-16-12)11(14-13)10-4-8-15-9-5-10/h10-11,14H,2-9,13H2,1H3. The third kappa shape index (κ3) is 2.56. The van der Waals surface area contributed by atoms with Crippen LogP contribution in [0.15, 0.2) is 0 Å². The van der Waals surface area contributed by atoms with Crippen molar-refractivity contribution in [2.24, 2.45) is 11.8 Å². The second-order valence-corrected chi connectivity index (χ2v) is 5.21. The van der Waals surface area contributed by atoms with Gasteiger partial charge in [0, 0.05) is 19.8 Å². The van der Waals surface area contributed by atoms with Gasteiger partial charge in [0.1, 0.15) is 0 Å². The molecule has 4 heteroatoms. The summed E-state index contributed by atoms with van der Waals surface area (Å²) in [6.07, 6.45) is 5.72. The predicted molar refractivity (Wildman–Crippen MR) is 62.9 cm³/mol. The molecule has 0 aromatic rings. The largest absolute Gasteiger partial charge is 0.381 e. The normalized spacial score (nSPS) is 34.9. The maximum Gasteiger partial charge on any atom is 0.0822 e. The van der Waals surface area contributed by atoms with Crippen LogP contribution in [-0.2, 0) is 9.47 Å². The zero-order valence-electron chi connectivity index (χ0n) is 10.2. The minimum atomic E-state index is -0.0883. The molecule has 2 saturated heterocycles. The van der Waals surface area contributed by atoms with Crippen LogP contribution in [0.25, 0.3) is 0 Å². The first kappa shape index (κ1) is 12.3. The van der Waals surface area contributed by atoms with Crippen molar-refractivity contribution in [3.8, 4) is 0 Å². The lowest BCUT2D eigenvalue weighted by molar-refractivity contribution is -0.109. The molecule has 2 unspecified atom stereocenters. The summed E-state index contributed by atoms with van der Waals surface area (Å²) in [6, 6.07) is 0.261. The quantitative estimate of drug-likeness (QED) is 0.563. The summed E-state index contributed by atoms with van der Waals surface area (Å²) in [4.78, 5) is 0. The first-order chi connectivity index (χ1) is 7.76. The van der Waals surface area contributed by atoms with E-state index in [1.165, 1.54) is 12.8 Å². The molecular weight excluding hydrogens is 204 g/mol. The number of hydrogen-bond donors (Lipinski definition) is 2. The first-order valence-corrected chi connectivity index (χ1v) is 6.44. The summed E-state index contributed by atoms with van der Waals surface area (Å²) >= 11 is 0. The molecule has 0 saturated carbocycles. The van der Waals surface area contributed by atoms with E-state index >= 15 is 0 Å². The Kier molecular flexibility index (Phi) is 4.19. The van der Waals surface area contributed by atoms with Gasteiger partial charge in [-0.25, -0.2) is 0 Å². The van der Waals surface area contributed by atoms with Crippen molar-refractivity contribution in [2.45, 2.75) is 50.7 Å². The molecule has 2 rings (SSSR count). The van der Waals surface area contributed by atoms with Gasteiger partial charge in [0.2, 0.25) is 0 Å². The third-order valence-electron chi connectivity index (χ3n) is 4.07. The number of nitrogens with two attached hydrogens (primary N) is 1. The van der Waals surface area contributed by atoms with Crippen molar-refractivity contribution >= 4 is 0 Å². The molecule has 16 heavy (non-hydrogen) atoms. The third-order valence-corrected chi connectivity index (χ3v) is 4.07. The molecular formula is C12H24N2O2. The smallest absolute Gasteiger partial charge is 0.0822 e. The van der Waals surface area contributed by atoms with E-state index in [1.807, 2.05) is 0 Å². The van der Waals surface area contributed by atoms with Crippen molar-refractivity contribution in [1.29, 1.82) is 0 Å². The fourth-order valence-electron chi connectivity index (χ4n) is 3.06. The maximum absolute atomic E-state index is 5.99. The highest BCUT2D eigenvalue weighted by Gasteiger charge is 2.41. The Balaban J connectivity index is 2.01. The van der Waals surface area contributed by atoms with Crippen molar-refractivity contribution in [3.05, 3.63) is 0 Å². The molecule has 0 spiro atoms. The van der Waals surface area contributed by atoms with Gasteiger partial charge in [0.05, 0.1) is 11.6 Å². The van der Waals surface area contributed by atoms with Crippen molar-refractivity contribution in [1.82, 2.24) is 5.43 Å². The minimum Gasteiger partial charge on any atom is -0.381 e. The molecule has 0 aromatic heterocycles. The summed E-state index contributed by atoms with van der Waals surface area (Å²) in [5.74, 6) is 6.33. The van der Waals surface area contributed by atoms with Gasteiger partial charge in [-0.05, 0) is 44.9 Å². The van der Waals surface area contributed by atoms with Crippen LogP contribution in [0.2, 0.25) is 0 Å². The van der Waals surface area contributed by atoms with E-state index < -0.39 is 0 Å². The van der Waals surface area contributed by atoms with Crippen LogP contribution in [0.4, 0.5) is 0 Å². The molecule has 4 nitrogen and oxygen atoms in total. The summed E-state index contributed by atoms with van der Waals surface area (Å²) in [7, 11) is 0. The number of hydrazine groups is 1. The van der Waals surface area contributed by atoms with Gasteiger partial charge in [-0.15, -0.1) is 0 Å². The van der Waals surface area contributed by atoms with Crippen LogP contribution >= 0.6 is 0 Å². The van der Waals surface area contributed by atoms with Crippen LogP contribution in [0.5, 0.6) is 0 Å². The molecule has 0 aromatic carbocycles. The average Bonchev–Trinajstić information content (AvgIpc) is 2.32. The number of hydrogen-bond acceptors (Lipinski definition) is 4. The lowest BCUT2D eigenvalue weighted by Crippen LogP contribution is -2.58. The van der Waals surface area contributed by atoms with Gasteiger partial charge in [-0.1, -0.05) is 0 Å². The molecule has 2 aliphatic heterocycles.